The van der Waals surface area contributed by atoms with Crippen LogP contribution in [0.1, 0.15) is 16.2 Å². The van der Waals surface area contributed by atoms with Crippen LogP contribution in [-0.4, -0.2) is 30.3 Å². The third-order valence-electron chi connectivity index (χ3n) is 3.50. The number of rotatable bonds is 6. The van der Waals surface area contributed by atoms with E-state index in [-0.39, 0.29) is 23.9 Å². The highest BCUT2D eigenvalue weighted by Crippen LogP contribution is 2.28. The van der Waals surface area contributed by atoms with Gasteiger partial charge in [-0.2, -0.15) is 4.98 Å². The van der Waals surface area contributed by atoms with Crippen molar-refractivity contribution in [1.29, 1.82) is 0 Å². The highest BCUT2D eigenvalue weighted by Gasteiger charge is 2.15. The van der Waals surface area contributed by atoms with Crippen molar-refractivity contribution >= 4 is 5.97 Å². The van der Waals surface area contributed by atoms with Crippen molar-refractivity contribution in [3.05, 3.63) is 59.7 Å². The van der Waals surface area contributed by atoms with Crippen molar-refractivity contribution in [2.24, 2.45) is 0 Å². The lowest BCUT2D eigenvalue weighted by atomic mass is 10.2. The highest BCUT2D eigenvalue weighted by atomic mass is 19.1. The summed E-state index contributed by atoms with van der Waals surface area (Å²) in [6.07, 6.45) is 0. The first kappa shape index (κ1) is 17.4. The molecule has 0 atom stereocenters. The fourth-order valence-corrected chi connectivity index (χ4v) is 2.23. The molecule has 3 rings (SSSR count). The Kier molecular flexibility index (Phi) is 5.12. The molecule has 134 valence electrons. The maximum Gasteiger partial charge on any atom is 0.338 e. The monoisotopic (exact) mass is 358 g/mol. The van der Waals surface area contributed by atoms with Crippen LogP contribution in [0.5, 0.6) is 11.5 Å². The molecule has 0 amide bonds. The van der Waals surface area contributed by atoms with E-state index >= 15 is 0 Å². The highest BCUT2D eigenvalue weighted by molar-refractivity contribution is 5.90. The van der Waals surface area contributed by atoms with Crippen LogP contribution in [0.15, 0.2) is 47.0 Å². The molecule has 26 heavy (non-hydrogen) atoms. The first-order valence-corrected chi connectivity index (χ1v) is 7.58. The standard InChI is InChI=1S/C18H15FN2O5/c1-23-14-7-6-12(9-15(14)24-2)18(22)25-10-16-20-17(21-26-16)11-4-3-5-13(19)8-11/h3-9H,10H2,1-2H3. The van der Waals surface area contributed by atoms with Crippen LogP contribution in [0.25, 0.3) is 11.4 Å². The van der Waals surface area contributed by atoms with Crippen LogP contribution >= 0.6 is 0 Å². The van der Waals surface area contributed by atoms with Gasteiger partial charge in [0, 0.05) is 5.56 Å². The summed E-state index contributed by atoms with van der Waals surface area (Å²) in [5, 5.41) is 3.75. The van der Waals surface area contributed by atoms with Gasteiger partial charge in [-0.3, -0.25) is 0 Å². The molecule has 7 nitrogen and oxygen atoms in total. The van der Waals surface area contributed by atoms with Crippen molar-refractivity contribution in [3.8, 4) is 22.9 Å². The van der Waals surface area contributed by atoms with Gasteiger partial charge in [0.1, 0.15) is 5.82 Å². The Morgan fingerprint density at radius 1 is 1.12 bits per heavy atom. The van der Waals surface area contributed by atoms with Crippen LogP contribution in [-0.2, 0) is 11.3 Å². The molecule has 0 aliphatic carbocycles. The van der Waals surface area contributed by atoms with E-state index in [0.29, 0.717) is 17.1 Å². The smallest absolute Gasteiger partial charge is 0.338 e. The zero-order valence-corrected chi connectivity index (χ0v) is 14.1. The number of hydrogen-bond donors (Lipinski definition) is 0. The lowest BCUT2D eigenvalue weighted by Gasteiger charge is -2.08. The summed E-state index contributed by atoms with van der Waals surface area (Å²) in [6.45, 7) is -0.213. The van der Waals surface area contributed by atoms with Crippen LogP contribution in [0.4, 0.5) is 4.39 Å². The van der Waals surface area contributed by atoms with E-state index in [2.05, 4.69) is 10.1 Å². The summed E-state index contributed by atoms with van der Waals surface area (Å²) in [5.41, 5.74) is 0.749. The molecule has 8 heteroatoms. The Hall–Kier alpha value is -3.42. The van der Waals surface area contributed by atoms with Gasteiger partial charge < -0.3 is 18.7 Å². The molecule has 0 N–H and O–H groups in total. The normalized spacial score (nSPS) is 10.4. The Balaban J connectivity index is 1.67. The SMILES string of the molecule is COc1ccc(C(=O)OCc2nc(-c3cccc(F)c3)no2)cc1OC. The van der Waals surface area contributed by atoms with Crippen molar-refractivity contribution in [2.45, 2.75) is 6.61 Å². The van der Waals surface area contributed by atoms with E-state index in [9.17, 15) is 9.18 Å². The Labute approximate surface area is 148 Å². The van der Waals surface area contributed by atoms with E-state index in [0.717, 1.165) is 0 Å². The molecule has 3 aromatic rings. The van der Waals surface area contributed by atoms with Crippen LogP contribution in [0.3, 0.4) is 0 Å². The molecule has 0 bridgehead atoms. The van der Waals surface area contributed by atoms with E-state index in [1.165, 1.54) is 38.5 Å². The number of esters is 1. The van der Waals surface area contributed by atoms with Gasteiger partial charge in [-0.05, 0) is 30.3 Å². The fourth-order valence-electron chi connectivity index (χ4n) is 2.23. The summed E-state index contributed by atoms with van der Waals surface area (Å²) in [6, 6.07) is 10.4. The van der Waals surface area contributed by atoms with Gasteiger partial charge in [0.15, 0.2) is 18.1 Å². The molecule has 1 aromatic heterocycles. The summed E-state index contributed by atoms with van der Waals surface area (Å²) in [4.78, 5) is 16.2. The second kappa shape index (κ2) is 7.64. The number of ether oxygens (including phenoxy) is 3. The molecule has 0 spiro atoms. The largest absolute Gasteiger partial charge is 0.493 e. The summed E-state index contributed by atoms with van der Waals surface area (Å²) in [7, 11) is 2.97. The number of carbonyl (C=O) groups is 1. The molecule has 2 aromatic carbocycles. The third-order valence-corrected chi connectivity index (χ3v) is 3.50. The predicted octanol–water partition coefficient (Wildman–Crippen LogP) is 3.25. The van der Waals surface area contributed by atoms with E-state index in [4.69, 9.17) is 18.7 Å². The zero-order valence-electron chi connectivity index (χ0n) is 14.1. The molecule has 0 unspecified atom stereocenters. The minimum absolute atomic E-state index is 0.0955. The molecule has 0 radical (unpaired) electrons. The van der Waals surface area contributed by atoms with Gasteiger partial charge in [-0.1, -0.05) is 17.3 Å². The number of nitrogens with zero attached hydrogens (tertiary/aromatic N) is 2. The van der Waals surface area contributed by atoms with Crippen molar-refractivity contribution in [2.75, 3.05) is 14.2 Å². The Morgan fingerprint density at radius 3 is 2.65 bits per heavy atom. The van der Waals surface area contributed by atoms with Crippen molar-refractivity contribution in [1.82, 2.24) is 10.1 Å². The Morgan fingerprint density at radius 2 is 1.92 bits per heavy atom. The minimum Gasteiger partial charge on any atom is -0.493 e. The topological polar surface area (TPSA) is 83.7 Å². The lowest BCUT2D eigenvalue weighted by Crippen LogP contribution is -2.06. The number of benzene rings is 2. The first-order chi connectivity index (χ1) is 12.6. The van der Waals surface area contributed by atoms with Gasteiger partial charge in [0.05, 0.1) is 19.8 Å². The molecule has 0 aliphatic rings. The van der Waals surface area contributed by atoms with E-state index in [1.807, 2.05) is 0 Å². The molecule has 0 aliphatic heterocycles. The average Bonchev–Trinajstić information content (AvgIpc) is 3.14. The van der Waals surface area contributed by atoms with Crippen molar-refractivity contribution in [3.63, 3.8) is 0 Å². The van der Waals surface area contributed by atoms with Crippen LogP contribution in [0, 0.1) is 5.82 Å². The lowest BCUT2D eigenvalue weighted by molar-refractivity contribution is 0.0429. The van der Waals surface area contributed by atoms with Crippen LogP contribution in [0.2, 0.25) is 0 Å². The van der Waals surface area contributed by atoms with Gasteiger partial charge in [-0.25, -0.2) is 9.18 Å². The molecule has 0 fully saturated rings. The van der Waals surface area contributed by atoms with Gasteiger partial charge in [0.25, 0.3) is 5.89 Å². The number of hydrogen-bond acceptors (Lipinski definition) is 7. The summed E-state index contributed by atoms with van der Waals surface area (Å²) >= 11 is 0. The number of halogens is 1. The van der Waals surface area contributed by atoms with Crippen LogP contribution < -0.4 is 9.47 Å². The summed E-state index contributed by atoms with van der Waals surface area (Å²) in [5.74, 6) is 0.221. The maximum absolute atomic E-state index is 13.2. The predicted molar refractivity (Wildman–Crippen MR) is 88.4 cm³/mol. The molecule has 0 saturated heterocycles. The second-order valence-corrected chi connectivity index (χ2v) is 5.17. The first-order valence-electron chi connectivity index (χ1n) is 7.58. The number of carbonyl (C=O) groups excluding carboxylic acids is 1. The molecular weight excluding hydrogens is 343 g/mol. The minimum atomic E-state index is -0.587. The molecule has 0 saturated carbocycles. The van der Waals surface area contributed by atoms with Crippen molar-refractivity contribution < 1.29 is 27.9 Å². The van der Waals surface area contributed by atoms with Gasteiger partial charge in [0.2, 0.25) is 5.82 Å². The molecular formula is C18H15FN2O5. The summed E-state index contributed by atoms with van der Waals surface area (Å²) < 4.78 is 33.7. The second-order valence-electron chi connectivity index (χ2n) is 5.17. The zero-order chi connectivity index (χ0) is 18.5. The average molecular weight is 358 g/mol. The maximum atomic E-state index is 13.2. The van der Waals surface area contributed by atoms with Gasteiger partial charge >= 0.3 is 5.97 Å². The van der Waals surface area contributed by atoms with E-state index < -0.39 is 11.8 Å². The molecule has 1 heterocycles. The quantitative estimate of drug-likeness (QED) is 0.625. The fraction of sp³-hybridized carbons (Fsp3) is 0.167. The van der Waals surface area contributed by atoms with Gasteiger partial charge in [-0.15, -0.1) is 0 Å². The number of aromatic nitrogens is 2. The Bertz CT molecular complexity index is 925. The number of methoxy groups -OCH3 is 2. The van der Waals surface area contributed by atoms with E-state index in [1.54, 1.807) is 18.2 Å². The third kappa shape index (κ3) is 3.80.